The Balaban J connectivity index is 1.87. The van der Waals surface area contributed by atoms with Crippen LogP contribution in [-0.4, -0.2) is 48.3 Å². The Kier molecular flexibility index (Phi) is 3.40. The van der Waals surface area contributed by atoms with Crippen molar-refractivity contribution >= 4 is 11.0 Å². The van der Waals surface area contributed by atoms with E-state index in [-0.39, 0.29) is 6.04 Å². The van der Waals surface area contributed by atoms with E-state index in [1.54, 1.807) is 7.11 Å². The van der Waals surface area contributed by atoms with Crippen molar-refractivity contribution in [1.29, 1.82) is 0 Å². The van der Waals surface area contributed by atoms with E-state index in [1.807, 2.05) is 18.2 Å². The minimum Gasteiger partial charge on any atom is -0.497 e. The van der Waals surface area contributed by atoms with Gasteiger partial charge >= 0.3 is 0 Å². The van der Waals surface area contributed by atoms with Crippen LogP contribution in [0.15, 0.2) is 18.2 Å². The maximum absolute atomic E-state index is 5.39. The largest absolute Gasteiger partial charge is 0.497 e. The van der Waals surface area contributed by atoms with Gasteiger partial charge in [-0.1, -0.05) is 0 Å². The lowest BCUT2D eigenvalue weighted by Gasteiger charge is -2.31. The summed E-state index contributed by atoms with van der Waals surface area (Å²) in [4.78, 5) is 10.5. The smallest absolute Gasteiger partial charge is 0.124 e. The molecule has 5 nitrogen and oxygen atoms in total. The fourth-order valence-corrected chi connectivity index (χ4v) is 2.47. The normalized spacial score (nSPS) is 18.6. The van der Waals surface area contributed by atoms with Gasteiger partial charge in [-0.05, 0) is 19.1 Å². The lowest BCUT2D eigenvalue weighted by atomic mass is 10.2. The summed E-state index contributed by atoms with van der Waals surface area (Å²) in [5, 5.41) is 0. The second-order valence-electron chi connectivity index (χ2n) is 4.83. The number of nitrogens with zero attached hydrogens (tertiary/aromatic N) is 2. The molecule has 1 unspecified atom stereocenters. The predicted octanol–water partition coefficient (Wildman–Crippen LogP) is 1.96. The van der Waals surface area contributed by atoms with Gasteiger partial charge in [0.05, 0.1) is 37.4 Å². The molecule has 3 rings (SSSR count). The Morgan fingerprint density at radius 1 is 1.37 bits per heavy atom. The summed E-state index contributed by atoms with van der Waals surface area (Å²) in [6.07, 6.45) is 0. The number of ether oxygens (including phenoxy) is 2. The summed E-state index contributed by atoms with van der Waals surface area (Å²) in [5.74, 6) is 1.85. The molecule has 0 radical (unpaired) electrons. The fraction of sp³-hybridized carbons (Fsp3) is 0.500. The third-order valence-corrected chi connectivity index (χ3v) is 3.70. The van der Waals surface area contributed by atoms with E-state index in [2.05, 4.69) is 21.8 Å². The van der Waals surface area contributed by atoms with Crippen LogP contribution in [-0.2, 0) is 4.74 Å². The molecule has 1 saturated heterocycles. The van der Waals surface area contributed by atoms with Crippen LogP contribution in [0.1, 0.15) is 18.8 Å². The SMILES string of the molecule is COc1ccc2nc(C(C)N3CCOCC3)[nH]c2c1. The summed E-state index contributed by atoms with van der Waals surface area (Å²) in [6, 6.07) is 6.19. The number of methoxy groups -OCH3 is 1. The maximum atomic E-state index is 5.39. The van der Waals surface area contributed by atoms with Crippen LogP contribution in [0.3, 0.4) is 0 Å². The zero-order valence-corrected chi connectivity index (χ0v) is 11.3. The zero-order valence-electron chi connectivity index (χ0n) is 11.3. The highest BCUT2D eigenvalue weighted by atomic mass is 16.5. The van der Waals surface area contributed by atoms with Gasteiger partial charge in [-0.2, -0.15) is 0 Å². The average molecular weight is 261 g/mol. The summed E-state index contributed by atoms with van der Waals surface area (Å²) in [5.41, 5.74) is 2.00. The molecule has 1 N–H and O–H groups in total. The highest BCUT2D eigenvalue weighted by molar-refractivity contribution is 5.76. The number of fused-ring (bicyclic) bond motifs is 1. The van der Waals surface area contributed by atoms with Gasteiger partial charge in [0.1, 0.15) is 11.6 Å². The molecule has 19 heavy (non-hydrogen) atoms. The summed E-state index contributed by atoms with van der Waals surface area (Å²) >= 11 is 0. The zero-order chi connectivity index (χ0) is 13.2. The van der Waals surface area contributed by atoms with Crippen LogP contribution in [0, 0.1) is 0 Å². The lowest BCUT2D eigenvalue weighted by molar-refractivity contribution is 0.0184. The van der Waals surface area contributed by atoms with Crippen molar-refractivity contribution in [2.24, 2.45) is 0 Å². The molecule has 0 amide bonds. The van der Waals surface area contributed by atoms with E-state index in [0.717, 1.165) is 48.9 Å². The number of aromatic nitrogens is 2. The minimum atomic E-state index is 0.280. The number of imidazole rings is 1. The first-order valence-electron chi connectivity index (χ1n) is 6.63. The second kappa shape index (κ2) is 5.19. The molecular formula is C14H19N3O2. The Bertz CT molecular complexity index is 561. The Hall–Kier alpha value is -1.59. The van der Waals surface area contributed by atoms with Crippen molar-refractivity contribution in [2.45, 2.75) is 13.0 Å². The van der Waals surface area contributed by atoms with Crippen molar-refractivity contribution in [1.82, 2.24) is 14.9 Å². The van der Waals surface area contributed by atoms with E-state index in [4.69, 9.17) is 9.47 Å². The molecule has 0 saturated carbocycles. The molecule has 1 aromatic carbocycles. The number of benzene rings is 1. The first-order chi connectivity index (χ1) is 9.28. The molecule has 2 heterocycles. The van der Waals surface area contributed by atoms with E-state index >= 15 is 0 Å². The van der Waals surface area contributed by atoms with Gasteiger partial charge in [0.15, 0.2) is 0 Å². The minimum absolute atomic E-state index is 0.280. The van der Waals surface area contributed by atoms with Crippen molar-refractivity contribution in [2.75, 3.05) is 33.4 Å². The number of aromatic amines is 1. The maximum Gasteiger partial charge on any atom is 0.124 e. The van der Waals surface area contributed by atoms with Crippen LogP contribution < -0.4 is 4.74 Å². The van der Waals surface area contributed by atoms with E-state index in [0.29, 0.717) is 0 Å². The van der Waals surface area contributed by atoms with Crippen molar-refractivity contribution < 1.29 is 9.47 Å². The van der Waals surface area contributed by atoms with Crippen LogP contribution in [0.4, 0.5) is 0 Å². The summed E-state index contributed by atoms with van der Waals surface area (Å²) in [6.45, 7) is 5.71. The lowest BCUT2D eigenvalue weighted by Crippen LogP contribution is -2.38. The van der Waals surface area contributed by atoms with Crippen molar-refractivity contribution in [3.8, 4) is 5.75 Å². The number of hydrogen-bond donors (Lipinski definition) is 1. The molecule has 1 aliphatic heterocycles. The number of H-pyrrole nitrogens is 1. The van der Waals surface area contributed by atoms with Gasteiger partial charge in [0, 0.05) is 19.2 Å². The van der Waals surface area contributed by atoms with Crippen molar-refractivity contribution in [3.63, 3.8) is 0 Å². The van der Waals surface area contributed by atoms with Crippen LogP contribution in [0.2, 0.25) is 0 Å². The van der Waals surface area contributed by atoms with E-state index in [9.17, 15) is 0 Å². The molecule has 0 aliphatic carbocycles. The molecule has 0 bridgehead atoms. The quantitative estimate of drug-likeness (QED) is 0.917. The Labute approximate surface area is 112 Å². The van der Waals surface area contributed by atoms with E-state index < -0.39 is 0 Å². The van der Waals surface area contributed by atoms with Gasteiger partial charge < -0.3 is 14.5 Å². The van der Waals surface area contributed by atoms with Crippen LogP contribution in [0.5, 0.6) is 5.75 Å². The first-order valence-corrected chi connectivity index (χ1v) is 6.63. The van der Waals surface area contributed by atoms with E-state index in [1.165, 1.54) is 0 Å². The monoisotopic (exact) mass is 261 g/mol. The molecule has 5 heteroatoms. The molecule has 1 aromatic heterocycles. The number of rotatable bonds is 3. The molecule has 1 aliphatic rings. The average Bonchev–Trinajstić information content (AvgIpc) is 2.90. The third-order valence-electron chi connectivity index (χ3n) is 3.70. The molecule has 2 aromatic rings. The third kappa shape index (κ3) is 2.43. The predicted molar refractivity (Wildman–Crippen MR) is 73.5 cm³/mol. The number of morpholine rings is 1. The topological polar surface area (TPSA) is 50.4 Å². The van der Waals surface area contributed by atoms with Crippen molar-refractivity contribution in [3.05, 3.63) is 24.0 Å². The molecule has 102 valence electrons. The Morgan fingerprint density at radius 2 is 2.16 bits per heavy atom. The molecular weight excluding hydrogens is 242 g/mol. The standard InChI is InChI=1S/C14H19N3O2/c1-10(17-5-7-19-8-6-17)14-15-12-4-3-11(18-2)9-13(12)16-14/h3-4,9-10H,5-8H2,1-2H3,(H,15,16). The highest BCUT2D eigenvalue weighted by Crippen LogP contribution is 2.24. The van der Waals surface area contributed by atoms with Crippen LogP contribution >= 0.6 is 0 Å². The van der Waals surface area contributed by atoms with Gasteiger partial charge in [0.2, 0.25) is 0 Å². The Morgan fingerprint density at radius 3 is 2.89 bits per heavy atom. The van der Waals surface area contributed by atoms with Gasteiger partial charge in [-0.25, -0.2) is 4.98 Å². The molecule has 1 fully saturated rings. The first kappa shape index (κ1) is 12.4. The fourth-order valence-electron chi connectivity index (χ4n) is 2.47. The van der Waals surface area contributed by atoms with Crippen LogP contribution in [0.25, 0.3) is 11.0 Å². The summed E-state index contributed by atoms with van der Waals surface area (Å²) in [7, 11) is 1.68. The second-order valence-corrected chi connectivity index (χ2v) is 4.83. The van der Waals surface area contributed by atoms with Gasteiger partial charge in [0.25, 0.3) is 0 Å². The summed E-state index contributed by atoms with van der Waals surface area (Å²) < 4.78 is 10.6. The number of nitrogens with one attached hydrogen (secondary N) is 1. The highest BCUT2D eigenvalue weighted by Gasteiger charge is 2.21. The molecule has 1 atom stereocenters. The van der Waals surface area contributed by atoms with Gasteiger partial charge in [-0.3, -0.25) is 4.90 Å². The molecule has 0 spiro atoms. The van der Waals surface area contributed by atoms with Gasteiger partial charge in [-0.15, -0.1) is 0 Å². The number of hydrogen-bond acceptors (Lipinski definition) is 4.